The smallest absolute Gasteiger partial charge is 0.255 e. The highest BCUT2D eigenvalue weighted by Gasteiger charge is 2.18. The van der Waals surface area contributed by atoms with Crippen molar-refractivity contribution >= 4 is 23.2 Å². The number of hydrogen-bond donors (Lipinski definition) is 2. The molecule has 2 N–H and O–H groups in total. The third-order valence-electron chi connectivity index (χ3n) is 5.97. The molecule has 3 aromatic carbocycles. The lowest BCUT2D eigenvalue weighted by molar-refractivity contribution is -0.117. The molecule has 0 unspecified atom stereocenters. The maximum Gasteiger partial charge on any atom is 0.255 e. The summed E-state index contributed by atoms with van der Waals surface area (Å²) in [5.41, 5.74) is 3.69. The molecule has 0 radical (unpaired) electrons. The van der Waals surface area contributed by atoms with Crippen molar-refractivity contribution < 1.29 is 14.3 Å². The van der Waals surface area contributed by atoms with Crippen LogP contribution in [0.4, 0.5) is 11.4 Å². The zero-order valence-electron chi connectivity index (χ0n) is 19.6. The van der Waals surface area contributed by atoms with Crippen molar-refractivity contribution in [2.24, 2.45) is 0 Å². The summed E-state index contributed by atoms with van der Waals surface area (Å²) in [6, 6.07) is 22.7. The van der Waals surface area contributed by atoms with Crippen LogP contribution in [-0.4, -0.2) is 68.5 Å². The van der Waals surface area contributed by atoms with Crippen molar-refractivity contribution in [2.45, 2.75) is 0 Å². The number of nitrogens with zero attached hydrogens (tertiary/aromatic N) is 2. The minimum atomic E-state index is -0.251. The number of hydrogen-bond acceptors (Lipinski definition) is 5. The highest BCUT2D eigenvalue weighted by Crippen LogP contribution is 2.28. The number of benzene rings is 3. The van der Waals surface area contributed by atoms with Gasteiger partial charge in [-0.15, -0.1) is 0 Å². The number of methoxy groups -OCH3 is 1. The summed E-state index contributed by atoms with van der Waals surface area (Å²) < 4.78 is 5.32. The number of carbonyl (C=O) groups is 2. The number of likely N-dealkylation sites (N-methyl/N-ethyl adjacent to an activating group) is 1. The lowest BCUT2D eigenvalue weighted by Crippen LogP contribution is -2.47. The Morgan fingerprint density at radius 1 is 0.824 bits per heavy atom. The average molecular weight is 459 g/mol. The van der Waals surface area contributed by atoms with Gasteiger partial charge in [-0.25, -0.2) is 0 Å². The summed E-state index contributed by atoms with van der Waals surface area (Å²) in [5, 5.41) is 5.86. The molecule has 1 aliphatic rings. The second kappa shape index (κ2) is 11.0. The molecule has 0 spiro atoms. The first kappa shape index (κ1) is 23.5. The maximum absolute atomic E-state index is 12.9. The lowest BCUT2D eigenvalue weighted by Gasteiger charge is -2.31. The molecule has 176 valence electrons. The summed E-state index contributed by atoms with van der Waals surface area (Å²) in [6.07, 6.45) is 0. The molecule has 1 fully saturated rings. The van der Waals surface area contributed by atoms with Gasteiger partial charge < -0.3 is 20.3 Å². The Morgan fingerprint density at radius 3 is 2.18 bits per heavy atom. The van der Waals surface area contributed by atoms with Gasteiger partial charge in [-0.1, -0.05) is 42.5 Å². The molecule has 7 heteroatoms. The van der Waals surface area contributed by atoms with Crippen molar-refractivity contribution in [3.05, 3.63) is 78.4 Å². The Labute approximate surface area is 200 Å². The Bertz CT molecular complexity index is 1120. The predicted octanol–water partition coefficient (Wildman–Crippen LogP) is 3.80. The zero-order valence-corrected chi connectivity index (χ0v) is 19.6. The summed E-state index contributed by atoms with van der Waals surface area (Å²) in [5.74, 6) is 0.222. The van der Waals surface area contributed by atoms with Gasteiger partial charge in [0.05, 0.1) is 25.0 Å². The molecule has 7 nitrogen and oxygen atoms in total. The zero-order chi connectivity index (χ0) is 23.9. The summed E-state index contributed by atoms with van der Waals surface area (Å²) in [4.78, 5) is 30.0. The van der Waals surface area contributed by atoms with Crippen molar-refractivity contribution in [1.82, 2.24) is 9.80 Å². The van der Waals surface area contributed by atoms with Crippen LogP contribution in [-0.2, 0) is 4.79 Å². The van der Waals surface area contributed by atoms with Crippen LogP contribution in [0.2, 0.25) is 0 Å². The molecule has 0 atom stereocenters. The predicted molar refractivity (Wildman–Crippen MR) is 135 cm³/mol. The number of carbonyl (C=O) groups excluding carboxylic acids is 2. The molecule has 0 aliphatic carbocycles. The van der Waals surface area contributed by atoms with Gasteiger partial charge in [0, 0.05) is 37.8 Å². The standard InChI is InChI=1S/C27H30N4O3/c1-30-14-16-31(17-15-30)19-26(32)28-25-18-23(34-2)12-13-24(25)29-27(33)22-10-8-21(9-11-22)20-6-4-3-5-7-20/h3-13,18H,14-17,19H2,1-2H3,(H,28,32)(H,29,33). The van der Waals surface area contributed by atoms with E-state index < -0.39 is 0 Å². The fraction of sp³-hybridized carbons (Fsp3) is 0.259. The summed E-state index contributed by atoms with van der Waals surface area (Å²) in [7, 11) is 3.65. The number of rotatable bonds is 7. The van der Waals surface area contributed by atoms with Gasteiger partial charge in [-0.3, -0.25) is 14.5 Å². The van der Waals surface area contributed by atoms with E-state index >= 15 is 0 Å². The number of anilines is 2. The third kappa shape index (κ3) is 6.01. The van der Waals surface area contributed by atoms with E-state index in [1.165, 1.54) is 0 Å². The molecule has 1 aliphatic heterocycles. The van der Waals surface area contributed by atoms with E-state index in [-0.39, 0.29) is 11.8 Å². The van der Waals surface area contributed by atoms with Crippen LogP contribution in [0, 0.1) is 0 Å². The first-order chi connectivity index (χ1) is 16.5. The van der Waals surface area contributed by atoms with Gasteiger partial charge in [0.1, 0.15) is 5.75 Å². The van der Waals surface area contributed by atoms with Crippen LogP contribution in [0.25, 0.3) is 11.1 Å². The minimum Gasteiger partial charge on any atom is -0.497 e. The Hall–Kier alpha value is -3.68. The van der Waals surface area contributed by atoms with Crippen LogP contribution >= 0.6 is 0 Å². The summed E-state index contributed by atoms with van der Waals surface area (Å²) in [6.45, 7) is 3.89. The number of ether oxygens (including phenoxy) is 1. The first-order valence-electron chi connectivity index (χ1n) is 11.4. The van der Waals surface area contributed by atoms with E-state index in [1.54, 1.807) is 37.4 Å². The van der Waals surface area contributed by atoms with Crippen LogP contribution in [0.15, 0.2) is 72.8 Å². The first-order valence-corrected chi connectivity index (χ1v) is 11.4. The van der Waals surface area contributed by atoms with E-state index in [1.807, 2.05) is 42.5 Å². The van der Waals surface area contributed by atoms with Crippen LogP contribution < -0.4 is 15.4 Å². The van der Waals surface area contributed by atoms with Gasteiger partial charge in [0.15, 0.2) is 0 Å². The molecule has 1 saturated heterocycles. The van der Waals surface area contributed by atoms with Crippen LogP contribution in [0.1, 0.15) is 10.4 Å². The normalized spacial score (nSPS) is 14.4. The fourth-order valence-corrected chi connectivity index (χ4v) is 3.90. The fourth-order valence-electron chi connectivity index (χ4n) is 3.90. The van der Waals surface area contributed by atoms with E-state index in [0.717, 1.165) is 37.3 Å². The van der Waals surface area contributed by atoms with Crippen LogP contribution in [0.5, 0.6) is 5.75 Å². The molecule has 1 heterocycles. The second-order valence-electron chi connectivity index (χ2n) is 8.44. The third-order valence-corrected chi connectivity index (χ3v) is 5.97. The van der Waals surface area contributed by atoms with Gasteiger partial charge >= 0.3 is 0 Å². The second-order valence-corrected chi connectivity index (χ2v) is 8.44. The molecule has 2 amide bonds. The van der Waals surface area contributed by atoms with Gasteiger partial charge in [0.25, 0.3) is 5.91 Å². The maximum atomic E-state index is 12.9. The van der Waals surface area contributed by atoms with Crippen molar-refractivity contribution in [3.8, 4) is 16.9 Å². The molecular weight excluding hydrogens is 428 g/mol. The molecule has 0 bridgehead atoms. The molecule has 3 aromatic rings. The van der Waals surface area contributed by atoms with Crippen LogP contribution in [0.3, 0.4) is 0 Å². The Balaban J connectivity index is 1.45. The largest absolute Gasteiger partial charge is 0.497 e. The van der Waals surface area contributed by atoms with E-state index in [2.05, 4.69) is 27.5 Å². The van der Waals surface area contributed by atoms with E-state index in [0.29, 0.717) is 29.2 Å². The minimum absolute atomic E-state index is 0.125. The highest BCUT2D eigenvalue weighted by atomic mass is 16.5. The van der Waals surface area contributed by atoms with E-state index in [9.17, 15) is 9.59 Å². The van der Waals surface area contributed by atoms with Gasteiger partial charge in [-0.2, -0.15) is 0 Å². The Kier molecular flexibility index (Phi) is 7.57. The van der Waals surface area contributed by atoms with E-state index in [4.69, 9.17) is 4.74 Å². The van der Waals surface area contributed by atoms with Crippen molar-refractivity contribution in [1.29, 1.82) is 0 Å². The highest BCUT2D eigenvalue weighted by molar-refractivity contribution is 6.07. The number of amides is 2. The lowest BCUT2D eigenvalue weighted by atomic mass is 10.0. The SMILES string of the molecule is COc1ccc(NC(=O)c2ccc(-c3ccccc3)cc2)c(NC(=O)CN2CCN(C)CC2)c1. The van der Waals surface area contributed by atoms with Crippen molar-refractivity contribution in [3.63, 3.8) is 0 Å². The molecule has 0 aromatic heterocycles. The number of piperazine rings is 1. The Morgan fingerprint density at radius 2 is 1.50 bits per heavy atom. The number of nitrogens with one attached hydrogen (secondary N) is 2. The van der Waals surface area contributed by atoms with Gasteiger partial charge in [-0.05, 0) is 42.4 Å². The molecule has 4 rings (SSSR count). The van der Waals surface area contributed by atoms with Gasteiger partial charge in [0.2, 0.25) is 5.91 Å². The quantitative estimate of drug-likeness (QED) is 0.563. The monoisotopic (exact) mass is 458 g/mol. The molecular formula is C27H30N4O3. The average Bonchev–Trinajstić information content (AvgIpc) is 2.87. The van der Waals surface area contributed by atoms with Crippen molar-refractivity contribution in [2.75, 3.05) is 57.5 Å². The molecule has 0 saturated carbocycles. The topological polar surface area (TPSA) is 73.9 Å². The summed E-state index contributed by atoms with van der Waals surface area (Å²) >= 11 is 0. The molecule has 34 heavy (non-hydrogen) atoms.